The lowest BCUT2D eigenvalue weighted by molar-refractivity contribution is -0.120. The molecule has 1 amide bonds. The minimum Gasteiger partial charge on any atom is -0.310 e. The van der Waals surface area contributed by atoms with Gasteiger partial charge in [0.2, 0.25) is 5.91 Å². The summed E-state index contributed by atoms with van der Waals surface area (Å²) in [7, 11) is 0. The van der Waals surface area contributed by atoms with Crippen LogP contribution in [-0.2, 0) is 4.79 Å². The van der Waals surface area contributed by atoms with E-state index in [9.17, 15) is 9.18 Å². The lowest BCUT2D eigenvalue weighted by Crippen LogP contribution is -2.43. The average Bonchev–Trinajstić information content (AvgIpc) is 3.52. The van der Waals surface area contributed by atoms with Gasteiger partial charge < -0.3 is 4.90 Å². The molecule has 1 aliphatic rings. The maximum absolute atomic E-state index is 14.3. The van der Waals surface area contributed by atoms with E-state index in [2.05, 4.69) is 11.0 Å². The lowest BCUT2D eigenvalue weighted by atomic mass is 10.1. The topological polar surface area (TPSA) is 47.3 Å². The Kier molecular flexibility index (Phi) is 6.20. The first kappa shape index (κ1) is 19.1. The number of anilines is 1. The molecule has 5 heteroatoms. The van der Waals surface area contributed by atoms with Crippen molar-refractivity contribution < 1.29 is 9.18 Å². The van der Waals surface area contributed by atoms with Gasteiger partial charge in [-0.15, -0.1) is 0 Å². The summed E-state index contributed by atoms with van der Waals surface area (Å²) in [6.07, 6.45) is 2.32. The number of benzene rings is 2. The van der Waals surface area contributed by atoms with Gasteiger partial charge in [-0.25, -0.2) is 4.39 Å². The third-order valence-electron chi connectivity index (χ3n) is 5.00. The molecule has 1 aliphatic carbocycles. The fraction of sp³-hybridized carbons (Fsp3) is 0.364. The number of amides is 1. The van der Waals surface area contributed by atoms with E-state index >= 15 is 0 Å². The summed E-state index contributed by atoms with van der Waals surface area (Å²) in [4.78, 5) is 16.8. The third kappa shape index (κ3) is 4.72. The molecule has 1 fully saturated rings. The Morgan fingerprint density at radius 1 is 1.19 bits per heavy atom. The van der Waals surface area contributed by atoms with Crippen LogP contribution in [0.4, 0.5) is 10.1 Å². The van der Waals surface area contributed by atoms with Crippen LogP contribution in [-0.4, -0.2) is 29.9 Å². The first-order valence-corrected chi connectivity index (χ1v) is 9.34. The third-order valence-corrected chi connectivity index (χ3v) is 5.00. The largest absolute Gasteiger partial charge is 0.310 e. The van der Waals surface area contributed by atoms with Gasteiger partial charge in [-0.05, 0) is 38.0 Å². The second-order valence-corrected chi connectivity index (χ2v) is 6.89. The van der Waals surface area contributed by atoms with Gasteiger partial charge in [-0.2, -0.15) is 5.26 Å². The molecule has 0 N–H and O–H groups in total. The molecule has 2 aromatic carbocycles. The summed E-state index contributed by atoms with van der Waals surface area (Å²) in [5.41, 5.74) is 1.40. The van der Waals surface area contributed by atoms with Crippen LogP contribution in [0, 0.1) is 17.1 Å². The van der Waals surface area contributed by atoms with E-state index in [0.29, 0.717) is 18.2 Å². The van der Waals surface area contributed by atoms with Crippen LogP contribution in [0.15, 0.2) is 54.6 Å². The van der Waals surface area contributed by atoms with E-state index in [0.717, 1.165) is 18.5 Å². The highest BCUT2D eigenvalue weighted by atomic mass is 19.1. The molecule has 1 saturated carbocycles. The second kappa shape index (κ2) is 8.79. The predicted octanol–water partition coefficient (Wildman–Crippen LogP) is 4.30. The smallest absolute Gasteiger partial charge is 0.241 e. The van der Waals surface area contributed by atoms with Crippen LogP contribution in [0.3, 0.4) is 0 Å². The molecule has 0 radical (unpaired) electrons. The Hall–Kier alpha value is -2.71. The predicted molar refractivity (Wildman–Crippen MR) is 104 cm³/mol. The fourth-order valence-electron chi connectivity index (χ4n) is 3.39. The van der Waals surface area contributed by atoms with Gasteiger partial charge in [0.1, 0.15) is 5.82 Å². The zero-order valence-electron chi connectivity index (χ0n) is 15.5. The second-order valence-electron chi connectivity index (χ2n) is 6.89. The molecule has 0 aromatic heterocycles. The number of para-hydroxylation sites is 1. The first-order valence-electron chi connectivity index (χ1n) is 9.34. The van der Waals surface area contributed by atoms with Crippen LogP contribution < -0.4 is 4.90 Å². The Balaban J connectivity index is 1.79. The van der Waals surface area contributed by atoms with Crippen LogP contribution in [0.2, 0.25) is 0 Å². The Bertz CT molecular complexity index is 814. The zero-order valence-corrected chi connectivity index (χ0v) is 15.5. The van der Waals surface area contributed by atoms with Gasteiger partial charge in [-0.1, -0.05) is 36.4 Å². The Morgan fingerprint density at radius 2 is 1.85 bits per heavy atom. The maximum Gasteiger partial charge on any atom is 0.241 e. The molecule has 0 heterocycles. The average molecular weight is 365 g/mol. The van der Waals surface area contributed by atoms with E-state index in [1.807, 2.05) is 43.3 Å². The summed E-state index contributed by atoms with van der Waals surface area (Å²) in [5.74, 6) is -0.306. The Labute approximate surface area is 159 Å². The highest BCUT2D eigenvalue weighted by molar-refractivity contribution is 5.94. The SMILES string of the molecule is CC(c1ccccc1F)N(CC(=O)N(CCC#N)c1ccccc1)C1CC1. The molecule has 0 bridgehead atoms. The van der Waals surface area contributed by atoms with E-state index in [-0.39, 0.29) is 30.7 Å². The molecule has 2 aromatic rings. The van der Waals surface area contributed by atoms with Gasteiger partial charge in [0.15, 0.2) is 0 Å². The van der Waals surface area contributed by atoms with E-state index < -0.39 is 0 Å². The molecule has 27 heavy (non-hydrogen) atoms. The normalized spacial score (nSPS) is 14.6. The van der Waals surface area contributed by atoms with Gasteiger partial charge in [0.05, 0.1) is 19.0 Å². The molecule has 1 unspecified atom stereocenters. The van der Waals surface area contributed by atoms with Crippen molar-refractivity contribution in [3.63, 3.8) is 0 Å². The summed E-state index contributed by atoms with van der Waals surface area (Å²) in [6.45, 7) is 2.51. The molecule has 140 valence electrons. The molecule has 3 rings (SSSR count). The standard InChI is InChI=1S/C22H24FN3O/c1-17(20-10-5-6-11-21(20)23)26(19-12-13-19)16-22(27)25(15-7-14-24)18-8-3-2-4-9-18/h2-6,8-11,17,19H,7,12-13,15-16H2,1H3. The summed E-state index contributed by atoms with van der Waals surface area (Å²) in [5, 5.41) is 8.95. The van der Waals surface area contributed by atoms with Gasteiger partial charge in [0, 0.05) is 29.9 Å². The quantitative estimate of drug-likeness (QED) is 0.701. The van der Waals surface area contributed by atoms with Gasteiger partial charge in [-0.3, -0.25) is 9.69 Å². The molecule has 4 nitrogen and oxygen atoms in total. The highest BCUT2D eigenvalue weighted by Gasteiger charge is 2.35. The number of hydrogen-bond donors (Lipinski definition) is 0. The molecule has 0 saturated heterocycles. The van der Waals surface area contributed by atoms with Crippen molar-refractivity contribution in [1.82, 2.24) is 4.90 Å². The molecule has 1 atom stereocenters. The molecular formula is C22H24FN3O. The number of nitrogens with zero attached hydrogens (tertiary/aromatic N) is 3. The van der Waals surface area contributed by atoms with Crippen LogP contribution in [0.1, 0.15) is 37.8 Å². The van der Waals surface area contributed by atoms with Crippen LogP contribution in [0.25, 0.3) is 0 Å². The zero-order chi connectivity index (χ0) is 19.2. The van der Waals surface area contributed by atoms with Crippen LogP contribution in [0.5, 0.6) is 0 Å². The minimum atomic E-state index is -0.243. The summed E-state index contributed by atoms with van der Waals surface area (Å²) in [6, 6.07) is 18.4. The number of hydrogen-bond acceptors (Lipinski definition) is 3. The lowest BCUT2D eigenvalue weighted by Gasteiger charge is -2.32. The van der Waals surface area contributed by atoms with Crippen LogP contribution >= 0.6 is 0 Å². The fourth-order valence-corrected chi connectivity index (χ4v) is 3.39. The highest BCUT2D eigenvalue weighted by Crippen LogP contribution is 2.35. The van der Waals surface area contributed by atoms with Crippen molar-refractivity contribution >= 4 is 11.6 Å². The van der Waals surface area contributed by atoms with Crippen molar-refractivity contribution in [3.05, 3.63) is 66.0 Å². The molecular weight excluding hydrogens is 341 g/mol. The van der Waals surface area contributed by atoms with Crippen molar-refractivity contribution in [2.45, 2.75) is 38.3 Å². The molecule has 0 aliphatic heterocycles. The van der Waals surface area contributed by atoms with Crippen molar-refractivity contribution in [2.24, 2.45) is 0 Å². The minimum absolute atomic E-state index is 0.0634. The van der Waals surface area contributed by atoms with Gasteiger partial charge >= 0.3 is 0 Å². The van der Waals surface area contributed by atoms with Crippen molar-refractivity contribution in [3.8, 4) is 6.07 Å². The molecule has 0 spiro atoms. The summed E-state index contributed by atoms with van der Waals surface area (Å²) >= 11 is 0. The monoisotopic (exact) mass is 365 g/mol. The maximum atomic E-state index is 14.3. The van der Waals surface area contributed by atoms with Crippen molar-refractivity contribution in [1.29, 1.82) is 5.26 Å². The Morgan fingerprint density at radius 3 is 2.48 bits per heavy atom. The van der Waals surface area contributed by atoms with E-state index in [1.54, 1.807) is 17.0 Å². The number of carbonyl (C=O) groups excluding carboxylic acids is 1. The number of nitriles is 1. The summed E-state index contributed by atoms with van der Waals surface area (Å²) < 4.78 is 14.3. The number of rotatable bonds is 8. The first-order chi connectivity index (χ1) is 13.1. The van der Waals surface area contributed by atoms with E-state index in [4.69, 9.17) is 5.26 Å². The number of halogens is 1. The van der Waals surface area contributed by atoms with E-state index in [1.165, 1.54) is 6.07 Å². The van der Waals surface area contributed by atoms with Crippen molar-refractivity contribution in [2.75, 3.05) is 18.0 Å². The number of carbonyl (C=O) groups is 1. The van der Waals surface area contributed by atoms with Gasteiger partial charge in [0.25, 0.3) is 0 Å².